The van der Waals surface area contributed by atoms with Gasteiger partial charge in [0.25, 0.3) is 5.91 Å². The van der Waals surface area contributed by atoms with Crippen LogP contribution in [0.1, 0.15) is 27.9 Å². The maximum atomic E-state index is 12.4. The standard InChI is InChI=1S/C19H15ClF3N3O3/c20-14-7-5-12(6-8-14)16(28)24-15(10-27)18-26-25-17(29-18)13-3-1-11(2-4-13)9-19(21,22)23/h1-8,15,27H,9-10H2,(H,24,28)/t15-/m1/s1. The highest BCUT2D eigenvalue weighted by molar-refractivity contribution is 6.30. The number of rotatable bonds is 6. The molecule has 2 N–H and O–H groups in total. The van der Waals surface area contributed by atoms with E-state index in [1.165, 1.54) is 36.4 Å². The number of amides is 1. The van der Waals surface area contributed by atoms with Crippen LogP contribution in [-0.2, 0) is 6.42 Å². The van der Waals surface area contributed by atoms with Crippen LogP contribution in [0.15, 0.2) is 52.9 Å². The van der Waals surface area contributed by atoms with Crippen LogP contribution in [-0.4, -0.2) is 34.0 Å². The van der Waals surface area contributed by atoms with E-state index in [-0.39, 0.29) is 17.3 Å². The van der Waals surface area contributed by atoms with Gasteiger partial charge in [-0.3, -0.25) is 4.79 Å². The highest BCUT2D eigenvalue weighted by Gasteiger charge is 2.27. The maximum Gasteiger partial charge on any atom is 0.393 e. The van der Waals surface area contributed by atoms with Crippen LogP contribution in [0.2, 0.25) is 5.02 Å². The van der Waals surface area contributed by atoms with E-state index in [4.69, 9.17) is 16.0 Å². The molecule has 2 aromatic carbocycles. The minimum absolute atomic E-state index is 0.0378. The van der Waals surface area contributed by atoms with E-state index in [1.807, 2.05) is 0 Å². The van der Waals surface area contributed by atoms with Gasteiger partial charge in [0.05, 0.1) is 13.0 Å². The Kier molecular flexibility index (Phi) is 6.19. The molecule has 1 aromatic heterocycles. The molecule has 0 fully saturated rings. The van der Waals surface area contributed by atoms with Crippen LogP contribution in [0.3, 0.4) is 0 Å². The summed E-state index contributed by atoms with van der Waals surface area (Å²) in [5, 5.41) is 20.3. The Balaban J connectivity index is 1.71. The summed E-state index contributed by atoms with van der Waals surface area (Å²) >= 11 is 5.79. The monoisotopic (exact) mass is 425 g/mol. The van der Waals surface area contributed by atoms with Crippen molar-refractivity contribution in [3.05, 3.63) is 70.6 Å². The number of carbonyl (C=O) groups is 1. The highest BCUT2D eigenvalue weighted by atomic mass is 35.5. The van der Waals surface area contributed by atoms with Gasteiger partial charge in [0.15, 0.2) is 0 Å². The molecule has 0 bridgehead atoms. The number of aliphatic hydroxyl groups excluding tert-OH is 1. The number of hydrogen-bond donors (Lipinski definition) is 2. The molecule has 0 aliphatic rings. The van der Waals surface area contributed by atoms with Gasteiger partial charge in [-0.1, -0.05) is 23.7 Å². The second kappa shape index (κ2) is 8.62. The number of benzene rings is 2. The summed E-state index contributed by atoms with van der Waals surface area (Å²) < 4.78 is 42.8. The summed E-state index contributed by atoms with van der Waals surface area (Å²) in [6, 6.07) is 10.7. The molecule has 10 heteroatoms. The lowest BCUT2D eigenvalue weighted by molar-refractivity contribution is -0.127. The fourth-order valence-electron chi connectivity index (χ4n) is 2.52. The van der Waals surface area contributed by atoms with Gasteiger partial charge in [0.2, 0.25) is 11.8 Å². The number of carbonyl (C=O) groups excluding carboxylic acids is 1. The first-order valence-electron chi connectivity index (χ1n) is 8.42. The smallest absolute Gasteiger partial charge is 0.393 e. The van der Waals surface area contributed by atoms with Gasteiger partial charge in [-0.2, -0.15) is 13.2 Å². The Morgan fingerprint density at radius 2 is 1.76 bits per heavy atom. The molecule has 1 heterocycles. The van der Waals surface area contributed by atoms with Crippen LogP contribution >= 0.6 is 11.6 Å². The minimum Gasteiger partial charge on any atom is -0.418 e. The van der Waals surface area contributed by atoms with E-state index in [9.17, 15) is 23.1 Å². The Morgan fingerprint density at radius 1 is 1.10 bits per heavy atom. The summed E-state index contributed by atoms with van der Waals surface area (Å²) in [6.07, 6.45) is -5.33. The van der Waals surface area contributed by atoms with Crippen LogP contribution in [0.4, 0.5) is 13.2 Å². The highest BCUT2D eigenvalue weighted by Crippen LogP contribution is 2.25. The summed E-state index contributed by atoms with van der Waals surface area (Å²) in [6.45, 7) is -0.495. The van der Waals surface area contributed by atoms with Crippen LogP contribution in [0.25, 0.3) is 11.5 Å². The van der Waals surface area contributed by atoms with Crippen molar-refractivity contribution >= 4 is 17.5 Å². The zero-order valence-electron chi connectivity index (χ0n) is 14.8. The van der Waals surface area contributed by atoms with Crippen molar-refractivity contribution in [1.29, 1.82) is 0 Å². The molecule has 6 nitrogen and oxygen atoms in total. The Hall–Kier alpha value is -2.91. The number of aliphatic hydroxyl groups is 1. The molecule has 1 amide bonds. The molecular weight excluding hydrogens is 411 g/mol. The first kappa shape index (κ1) is 20.8. The van der Waals surface area contributed by atoms with Crippen molar-refractivity contribution < 1.29 is 27.5 Å². The lowest BCUT2D eigenvalue weighted by atomic mass is 10.1. The van der Waals surface area contributed by atoms with Crippen molar-refractivity contribution in [1.82, 2.24) is 15.5 Å². The molecule has 0 saturated heterocycles. The Bertz CT molecular complexity index is 973. The summed E-state index contributed by atoms with van der Waals surface area (Å²) in [4.78, 5) is 12.3. The predicted molar refractivity (Wildman–Crippen MR) is 98.2 cm³/mol. The van der Waals surface area contributed by atoms with Gasteiger partial charge in [0.1, 0.15) is 6.04 Å². The van der Waals surface area contributed by atoms with Crippen molar-refractivity contribution in [3.63, 3.8) is 0 Å². The topological polar surface area (TPSA) is 88.2 Å². The molecule has 152 valence electrons. The molecule has 0 spiro atoms. The van der Waals surface area contributed by atoms with E-state index in [0.29, 0.717) is 16.1 Å². The van der Waals surface area contributed by atoms with Gasteiger partial charge in [0, 0.05) is 16.1 Å². The average molecular weight is 426 g/mol. The molecule has 0 radical (unpaired) electrons. The van der Waals surface area contributed by atoms with Crippen LogP contribution in [0.5, 0.6) is 0 Å². The lowest BCUT2D eigenvalue weighted by Crippen LogP contribution is -2.31. The average Bonchev–Trinajstić information content (AvgIpc) is 3.15. The number of halogens is 4. The van der Waals surface area contributed by atoms with E-state index < -0.39 is 31.2 Å². The SMILES string of the molecule is O=C(N[C@H](CO)c1nnc(-c2ccc(CC(F)(F)F)cc2)o1)c1ccc(Cl)cc1. The van der Waals surface area contributed by atoms with E-state index in [2.05, 4.69) is 15.5 Å². The second-order valence-corrected chi connectivity index (χ2v) is 6.59. The summed E-state index contributed by atoms with van der Waals surface area (Å²) in [7, 11) is 0. The Labute approximate surface area is 168 Å². The summed E-state index contributed by atoms with van der Waals surface area (Å²) in [5.74, 6) is -0.459. The normalized spacial score (nSPS) is 12.6. The maximum absolute atomic E-state index is 12.4. The third-order valence-corrected chi connectivity index (χ3v) is 4.19. The lowest BCUT2D eigenvalue weighted by Gasteiger charge is -2.12. The van der Waals surface area contributed by atoms with Crippen LogP contribution in [0, 0.1) is 0 Å². The molecule has 0 unspecified atom stereocenters. The fraction of sp³-hybridized carbons (Fsp3) is 0.211. The first-order chi connectivity index (χ1) is 13.7. The van der Waals surface area contributed by atoms with Crippen LogP contribution < -0.4 is 5.32 Å². The molecule has 1 atom stereocenters. The molecule has 3 aromatic rings. The predicted octanol–water partition coefficient (Wildman–Crippen LogP) is 3.96. The number of aromatic nitrogens is 2. The molecular formula is C19H15ClF3N3O3. The zero-order chi connectivity index (χ0) is 21.0. The summed E-state index contributed by atoms with van der Waals surface area (Å²) in [5.41, 5.74) is 0.840. The number of nitrogens with zero attached hydrogens (tertiary/aromatic N) is 2. The van der Waals surface area contributed by atoms with Gasteiger partial charge in [-0.15, -0.1) is 10.2 Å². The van der Waals surface area contributed by atoms with E-state index >= 15 is 0 Å². The second-order valence-electron chi connectivity index (χ2n) is 6.15. The number of hydrogen-bond acceptors (Lipinski definition) is 5. The molecule has 3 rings (SSSR count). The number of nitrogens with one attached hydrogen (secondary N) is 1. The quantitative estimate of drug-likeness (QED) is 0.624. The third kappa shape index (κ3) is 5.55. The van der Waals surface area contributed by atoms with E-state index in [1.54, 1.807) is 12.1 Å². The molecule has 0 saturated carbocycles. The fourth-order valence-corrected chi connectivity index (χ4v) is 2.64. The largest absolute Gasteiger partial charge is 0.418 e. The molecule has 0 aliphatic heterocycles. The molecule has 29 heavy (non-hydrogen) atoms. The zero-order valence-corrected chi connectivity index (χ0v) is 15.5. The van der Waals surface area contributed by atoms with Gasteiger partial charge in [-0.25, -0.2) is 0 Å². The van der Waals surface area contributed by atoms with Gasteiger partial charge < -0.3 is 14.8 Å². The first-order valence-corrected chi connectivity index (χ1v) is 8.80. The van der Waals surface area contributed by atoms with Crippen molar-refractivity contribution in [2.45, 2.75) is 18.6 Å². The molecule has 0 aliphatic carbocycles. The number of alkyl halides is 3. The van der Waals surface area contributed by atoms with Crippen molar-refractivity contribution in [2.24, 2.45) is 0 Å². The third-order valence-electron chi connectivity index (χ3n) is 3.94. The van der Waals surface area contributed by atoms with E-state index in [0.717, 1.165) is 0 Å². The Morgan fingerprint density at radius 3 is 2.34 bits per heavy atom. The van der Waals surface area contributed by atoms with Crippen molar-refractivity contribution in [3.8, 4) is 11.5 Å². The van der Waals surface area contributed by atoms with Crippen molar-refractivity contribution in [2.75, 3.05) is 6.61 Å². The van der Waals surface area contributed by atoms with Gasteiger partial charge >= 0.3 is 6.18 Å². The minimum atomic E-state index is -4.30. The van der Waals surface area contributed by atoms with Gasteiger partial charge in [-0.05, 0) is 42.0 Å².